The molecule has 94 valence electrons. The van der Waals surface area contributed by atoms with Gasteiger partial charge in [0.15, 0.2) is 5.82 Å². The van der Waals surface area contributed by atoms with Crippen LogP contribution in [0, 0.1) is 5.92 Å². The van der Waals surface area contributed by atoms with Crippen LogP contribution in [-0.4, -0.2) is 40.7 Å². The van der Waals surface area contributed by atoms with Crippen molar-refractivity contribution in [2.45, 2.75) is 38.8 Å². The first-order valence-electron chi connectivity index (χ1n) is 6.63. The monoisotopic (exact) mass is 236 g/mol. The van der Waals surface area contributed by atoms with Crippen molar-refractivity contribution in [2.24, 2.45) is 5.92 Å². The molecular weight excluding hydrogens is 216 g/mol. The first-order chi connectivity index (χ1) is 8.36. The number of nitrogens with one attached hydrogen (secondary N) is 1. The Bertz CT molecular complexity index is 378. The predicted octanol–water partition coefficient (Wildman–Crippen LogP) is 0.816. The second kappa shape index (κ2) is 4.74. The fraction of sp³-hybridized carbons (Fsp3) is 0.833. The molecule has 0 spiro atoms. The molecule has 17 heavy (non-hydrogen) atoms. The SMILES string of the molecule is CCCc1noc(CN2CC[C@@H]3CNC[C@@H]32)n1. The second-order valence-electron chi connectivity index (χ2n) is 5.10. The molecule has 0 aromatic carbocycles. The Labute approximate surface area is 102 Å². The van der Waals surface area contributed by atoms with E-state index in [1.165, 1.54) is 19.5 Å². The van der Waals surface area contributed by atoms with Crippen LogP contribution in [0.3, 0.4) is 0 Å². The lowest BCUT2D eigenvalue weighted by Crippen LogP contribution is -2.33. The zero-order chi connectivity index (χ0) is 11.7. The van der Waals surface area contributed by atoms with E-state index in [4.69, 9.17) is 4.52 Å². The van der Waals surface area contributed by atoms with Crippen LogP contribution in [0.5, 0.6) is 0 Å². The molecule has 0 unspecified atom stereocenters. The first kappa shape index (κ1) is 11.2. The van der Waals surface area contributed by atoms with Crippen molar-refractivity contribution in [1.29, 1.82) is 0 Å². The molecule has 1 aromatic rings. The molecule has 2 atom stereocenters. The summed E-state index contributed by atoms with van der Waals surface area (Å²) < 4.78 is 5.30. The number of rotatable bonds is 4. The van der Waals surface area contributed by atoms with Crippen molar-refractivity contribution in [3.8, 4) is 0 Å². The lowest BCUT2D eigenvalue weighted by Gasteiger charge is -2.20. The third-order valence-corrected chi connectivity index (χ3v) is 3.88. The minimum Gasteiger partial charge on any atom is -0.338 e. The average Bonchev–Trinajstić information content (AvgIpc) is 2.98. The summed E-state index contributed by atoms with van der Waals surface area (Å²) in [4.78, 5) is 6.92. The van der Waals surface area contributed by atoms with Crippen LogP contribution in [0.2, 0.25) is 0 Å². The molecule has 5 nitrogen and oxygen atoms in total. The van der Waals surface area contributed by atoms with Crippen molar-refractivity contribution in [3.05, 3.63) is 11.7 Å². The van der Waals surface area contributed by atoms with Gasteiger partial charge in [-0.05, 0) is 31.8 Å². The molecule has 0 aliphatic carbocycles. The van der Waals surface area contributed by atoms with Gasteiger partial charge in [-0.15, -0.1) is 0 Å². The number of likely N-dealkylation sites (tertiary alicyclic amines) is 1. The van der Waals surface area contributed by atoms with Gasteiger partial charge in [-0.25, -0.2) is 0 Å². The zero-order valence-corrected chi connectivity index (χ0v) is 10.4. The molecule has 0 radical (unpaired) electrons. The fourth-order valence-electron chi connectivity index (χ4n) is 2.99. The normalized spacial score (nSPS) is 28.8. The molecule has 1 N–H and O–H groups in total. The number of fused-ring (bicyclic) bond motifs is 1. The Kier molecular flexibility index (Phi) is 3.11. The molecule has 5 heteroatoms. The van der Waals surface area contributed by atoms with E-state index >= 15 is 0 Å². The molecule has 3 rings (SSSR count). The highest BCUT2D eigenvalue weighted by molar-refractivity contribution is 4.96. The largest absolute Gasteiger partial charge is 0.338 e. The Hall–Kier alpha value is -0.940. The van der Waals surface area contributed by atoms with Crippen LogP contribution < -0.4 is 5.32 Å². The number of hydrogen-bond donors (Lipinski definition) is 1. The van der Waals surface area contributed by atoms with E-state index in [0.29, 0.717) is 6.04 Å². The van der Waals surface area contributed by atoms with Gasteiger partial charge in [0.05, 0.1) is 6.54 Å². The van der Waals surface area contributed by atoms with E-state index < -0.39 is 0 Å². The van der Waals surface area contributed by atoms with Crippen molar-refractivity contribution >= 4 is 0 Å². The van der Waals surface area contributed by atoms with Gasteiger partial charge in [0.1, 0.15) is 0 Å². The second-order valence-corrected chi connectivity index (χ2v) is 5.10. The summed E-state index contributed by atoms with van der Waals surface area (Å²) in [5, 5.41) is 7.46. The van der Waals surface area contributed by atoms with Crippen LogP contribution in [0.25, 0.3) is 0 Å². The smallest absolute Gasteiger partial charge is 0.240 e. The Morgan fingerprint density at radius 3 is 3.29 bits per heavy atom. The third kappa shape index (κ3) is 2.21. The van der Waals surface area contributed by atoms with Gasteiger partial charge in [-0.1, -0.05) is 12.1 Å². The summed E-state index contributed by atoms with van der Waals surface area (Å²) in [5.41, 5.74) is 0. The highest BCUT2D eigenvalue weighted by atomic mass is 16.5. The lowest BCUT2D eigenvalue weighted by atomic mass is 10.1. The van der Waals surface area contributed by atoms with Crippen LogP contribution in [0.1, 0.15) is 31.5 Å². The standard InChI is InChI=1S/C12H20N4O/c1-2-3-11-14-12(17-15-11)8-16-5-4-9-6-13-7-10(9)16/h9-10,13H,2-8H2,1H3/t9-,10+/m1/s1. The van der Waals surface area contributed by atoms with E-state index in [9.17, 15) is 0 Å². The molecule has 1 aromatic heterocycles. The summed E-state index contributed by atoms with van der Waals surface area (Å²) in [5.74, 6) is 2.46. The lowest BCUT2D eigenvalue weighted by molar-refractivity contribution is 0.210. The van der Waals surface area contributed by atoms with E-state index in [1.807, 2.05) is 0 Å². The highest BCUT2D eigenvalue weighted by Gasteiger charge is 2.37. The number of aromatic nitrogens is 2. The highest BCUT2D eigenvalue weighted by Crippen LogP contribution is 2.28. The topological polar surface area (TPSA) is 54.2 Å². The van der Waals surface area contributed by atoms with Gasteiger partial charge in [-0.3, -0.25) is 4.90 Å². The van der Waals surface area contributed by atoms with Gasteiger partial charge in [0.2, 0.25) is 5.89 Å². The van der Waals surface area contributed by atoms with E-state index in [1.54, 1.807) is 0 Å². The van der Waals surface area contributed by atoms with E-state index in [0.717, 1.165) is 43.6 Å². The molecule has 0 amide bonds. The first-order valence-corrected chi connectivity index (χ1v) is 6.63. The average molecular weight is 236 g/mol. The fourth-order valence-corrected chi connectivity index (χ4v) is 2.99. The molecule has 2 aliphatic heterocycles. The Morgan fingerprint density at radius 1 is 1.47 bits per heavy atom. The summed E-state index contributed by atoms with van der Waals surface area (Å²) >= 11 is 0. The quantitative estimate of drug-likeness (QED) is 0.838. The van der Waals surface area contributed by atoms with Crippen molar-refractivity contribution in [2.75, 3.05) is 19.6 Å². The minimum absolute atomic E-state index is 0.677. The molecule has 0 saturated carbocycles. The van der Waals surface area contributed by atoms with Gasteiger partial charge in [0.25, 0.3) is 0 Å². The molecule has 3 heterocycles. The number of hydrogen-bond acceptors (Lipinski definition) is 5. The maximum absolute atomic E-state index is 5.30. The summed E-state index contributed by atoms with van der Waals surface area (Å²) in [6.07, 6.45) is 3.28. The predicted molar refractivity (Wildman–Crippen MR) is 63.5 cm³/mol. The van der Waals surface area contributed by atoms with Crippen LogP contribution in [0.15, 0.2) is 4.52 Å². The van der Waals surface area contributed by atoms with Gasteiger partial charge < -0.3 is 9.84 Å². The summed E-state index contributed by atoms with van der Waals surface area (Å²) in [7, 11) is 0. The number of nitrogens with zero attached hydrogens (tertiary/aromatic N) is 3. The maximum Gasteiger partial charge on any atom is 0.240 e. The van der Waals surface area contributed by atoms with Gasteiger partial charge in [0, 0.05) is 19.0 Å². The van der Waals surface area contributed by atoms with Gasteiger partial charge >= 0.3 is 0 Å². The van der Waals surface area contributed by atoms with Crippen LogP contribution in [0.4, 0.5) is 0 Å². The summed E-state index contributed by atoms with van der Waals surface area (Å²) in [6, 6.07) is 0.677. The van der Waals surface area contributed by atoms with Crippen LogP contribution in [-0.2, 0) is 13.0 Å². The van der Waals surface area contributed by atoms with E-state index in [-0.39, 0.29) is 0 Å². The van der Waals surface area contributed by atoms with Gasteiger partial charge in [-0.2, -0.15) is 4.98 Å². The molecule has 2 fully saturated rings. The molecule has 0 bridgehead atoms. The molecular formula is C12H20N4O. The Balaban J connectivity index is 1.62. The van der Waals surface area contributed by atoms with Crippen molar-refractivity contribution in [1.82, 2.24) is 20.4 Å². The van der Waals surface area contributed by atoms with Crippen molar-refractivity contribution in [3.63, 3.8) is 0 Å². The molecule has 2 saturated heterocycles. The van der Waals surface area contributed by atoms with Crippen LogP contribution >= 0.6 is 0 Å². The zero-order valence-electron chi connectivity index (χ0n) is 10.4. The third-order valence-electron chi connectivity index (χ3n) is 3.88. The summed E-state index contributed by atoms with van der Waals surface area (Å²) in [6.45, 7) is 6.40. The minimum atomic E-state index is 0.677. The number of aryl methyl sites for hydroxylation is 1. The van der Waals surface area contributed by atoms with E-state index in [2.05, 4.69) is 27.3 Å². The molecule has 2 aliphatic rings. The maximum atomic E-state index is 5.30. The van der Waals surface area contributed by atoms with Crippen molar-refractivity contribution < 1.29 is 4.52 Å². The Morgan fingerprint density at radius 2 is 2.41 bits per heavy atom.